The second-order valence-electron chi connectivity index (χ2n) is 4.32. The number of hydrogen-bond donors (Lipinski definition) is 1. The van der Waals surface area contributed by atoms with E-state index in [0.717, 1.165) is 6.42 Å². The van der Waals surface area contributed by atoms with Crippen LogP contribution in [0.2, 0.25) is 0 Å². The van der Waals surface area contributed by atoms with Gasteiger partial charge in [0.2, 0.25) is 0 Å². The SMILES string of the molecule is CCc1cccc(-c2cc3ccccc3[nH]2)c1. The lowest BCUT2D eigenvalue weighted by molar-refractivity contribution is 1.14. The molecule has 1 nitrogen and oxygen atoms in total. The number of rotatable bonds is 2. The molecule has 0 aliphatic heterocycles. The summed E-state index contributed by atoms with van der Waals surface area (Å²) < 4.78 is 0. The fourth-order valence-corrected chi connectivity index (χ4v) is 2.19. The normalized spacial score (nSPS) is 10.9. The van der Waals surface area contributed by atoms with Crippen LogP contribution < -0.4 is 0 Å². The Hall–Kier alpha value is -2.02. The Kier molecular flexibility index (Phi) is 2.45. The molecule has 84 valence electrons. The minimum Gasteiger partial charge on any atom is -0.355 e. The zero-order valence-corrected chi connectivity index (χ0v) is 9.90. The van der Waals surface area contributed by atoms with E-state index < -0.39 is 0 Å². The molecule has 0 spiro atoms. The van der Waals surface area contributed by atoms with E-state index in [1.807, 2.05) is 0 Å². The molecule has 0 aliphatic rings. The summed E-state index contributed by atoms with van der Waals surface area (Å²) in [5.41, 5.74) is 5.03. The molecule has 0 amide bonds. The van der Waals surface area contributed by atoms with Gasteiger partial charge in [-0.3, -0.25) is 0 Å². The summed E-state index contributed by atoms with van der Waals surface area (Å²) in [7, 11) is 0. The molecule has 0 saturated carbocycles. The molecule has 1 heteroatoms. The fraction of sp³-hybridized carbons (Fsp3) is 0.125. The summed E-state index contributed by atoms with van der Waals surface area (Å²) in [6.45, 7) is 2.18. The van der Waals surface area contributed by atoms with Gasteiger partial charge in [-0.2, -0.15) is 0 Å². The molecule has 0 aliphatic carbocycles. The van der Waals surface area contributed by atoms with Crippen molar-refractivity contribution in [3.8, 4) is 11.3 Å². The van der Waals surface area contributed by atoms with Crippen LogP contribution in [0.25, 0.3) is 22.2 Å². The van der Waals surface area contributed by atoms with Gasteiger partial charge in [0.15, 0.2) is 0 Å². The first-order chi connectivity index (χ1) is 8.36. The Morgan fingerprint density at radius 2 is 1.82 bits per heavy atom. The van der Waals surface area contributed by atoms with Gasteiger partial charge in [0.05, 0.1) is 0 Å². The number of H-pyrrole nitrogens is 1. The number of aromatic nitrogens is 1. The van der Waals surface area contributed by atoms with Crippen LogP contribution in [0.1, 0.15) is 12.5 Å². The van der Waals surface area contributed by atoms with Crippen LogP contribution in [-0.2, 0) is 6.42 Å². The number of aromatic amines is 1. The topological polar surface area (TPSA) is 15.8 Å². The molecule has 0 radical (unpaired) electrons. The summed E-state index contributed by atoms with van der Waals surface area (Å²) in [5, 5.41) is 1.27. The fourth-order valence-electron chi connectivity index (χ4n) is 2.19. The Bertz CT molecular complexity index is 616. The lowest BCUT2D eigenvalue weighted by Gasteiger charge is -2.00. The van der Waals surface area contributed by atoms with Crippen LogP contribution in [-0.4, -0.2) is 4.98 Å². The highest BCUT2D eigenvalue weighted by atomic mass is 14.7. The van der Waals surface area contributed by atoms with E-state index in [9.17, 15) is 0 Å². The second-order valence-corrected chi connectivity index (χ2v) is 4.32. The Balaban J connectivity index is 2.13. The highest BCUT2D eigenvalue weighted by Crippen LogP contribution is 2.24. The average Bonchev–Trinajstić information content (AvgIpc) is 2.82. The van der Waals surface area contributed by atoms with Crippen LogP contribution in [0.15, 0.2) is 54.6 Å². The van der Waals surface area contributed by atoms with Crippen LogP contribution in [0.5, 0.6) is 0 Å². The van der Waals surface area contributed by atoms with E-state index in [0.29, 0.717) is 0 Å². The summed E-state index contributed by atoms with van der Waals surface area (Å²) >= 11 is 0. The largest absolute Gasteiger partial charge is 0.355 e. The molecule has 0 fully saturated rings. The minimum atomic E-state index is 1.08. The van der Waals surface area contributed by atoms with E-state index >= 15 is 0 Å². The molecule has 3 rings (SSSR count). The number of fused-ring (bicyclic) bond motifs is 1. The van der Waals surface area contributed by atoms with E-state index in [1.165, 1.54) is 27.7 Å². The number of para-hydroxylation sites is 1. The predicted molar refractivity (Wildman–Crippen MR) is 73.1 cm³/mol. The summed E-state index contributed by atoms with van der Waals surface area (Å²) in [6.07, 6.45) is 1.08. The van der Waals surface area contributed by atoms with Gasteiger partial charge >= 0.3 is 0 Å². The summed E-state index contributed by atoms with van der Waals surface area (Å²) in [5.74, 6) is 0. The van der Waals surface area contributed by atoms with Crippen molar-refractivity contribution < 1.29 is 0 Å². The van der Waals surface area contributed by atoms with Gasteiger partial charge in [0.1, 0.15) is 0 Å². The third kappa shape index (κ3) is 1.84. The minimum absolute atomic E-state index is 1.08. The number of nitrogens with one attached hydrogen (secondary N) is 1. The van der Waals surface area contributed by atoms with E-state index in [4.69, 9.17) is 0 Å². The lowest BCUT2D eigenvalue weighted by Crippen LogP contribution is -1.82. The van der Waals surface area contributed by atoms with Crippen LogP contribution >= 0.6 is 0 Å². The number of hydrogen-bond acceptors (Lipinski definition) is 0. The molecule has 17 heavy (non-hydrogen) atoms. The second kappa shape index (κ2) is 4.10. The zero-order valence-electron chi connectivity index (χ0n) is 9.90. The molecule has 2 aromatic carbocycles. The van der Waals surface area contributed by atoms with Crippen molar-refractivity contribution in [2.24, 2.45) is 0 Å². The van der Waals surface area contributed by atoms with E-state index in [2.05, 4.69) is 66.5 Å². The molecule has 3 aromatic rings. The molecule has 1 N–H and O–H groups in total. The van der Waals surface area contributed by atoms with Gasteiger partial charge in [-0.15, -0.1) is 0 Å². The average molecular weight is 221 g/mol. The van der Waals surface area contributed by atoms with E-state index in [-0.39, 0.29) is 0 Å². The van der Waals surface area contributed by atoms with Crippen molar-refractivity contribution in [1.82, 2.24) is 4.98 Å². The molecule has 1 aromatic heterocycles. The van der Waals surface area contributed by atoms with Gasteiger partial charge < -0.3 is 4.98 Å². The van der Waals surface area contributed by atoms with Crippen molar-refractivity contribution in [1.29, 1.82) is 0 Å². The summed E-state index contributed by atoms with van der Waals surface area (Å²) in [6, 6.07) is 19.3. The van der Waals surface area contributed by atoms with Crippen molar-refractivity contribution >= 4 is 10.9 Å². The van der Waals surface area contributed by atoms with Crippen LogP contribution in [0.3, 0.4) is 0 Å². The summed E-state index contributed by atoms with van der Waals surface area (Å²) in [4.78, 5) is 3.46. The van der Waals surface area contributed by atoms with Crippen molar-refractivity contribution in [2.45, 2.75) is 13.3 Å². The Morgan fingerprint density at radius 3 is 2.65 bits per heavy atom. The molecule has 1 heterocycles. The van der Waals surface area contributed by atoms with Gasteiger partial charge in [0, 0.05) is 16.6 Å². The van der Waals surface area contributed by atoms with Gasteiger partial charge in [0.25, 0.3) is 0 Å². The Morgan fingerprint density at radius 1 is 0.941 bits per heavy atom. The highest BCUT2D eigenvalue weighted by molar-refractivity contribution is 5.85. The standard InChI is InChI=1S/C16H15N/c1-2-12-6-5-8-13(10-12)16-11-14-7-3-4-9-15(14)17-16/h3-11,17H,2H2,1H3. The molecule has 0 bridgehead atoms. The van der Waals surface area contributed by atoms with Crippen molar-refractivity contribution in [3.63, 3.8) is 0 Å². The van der Waals surface area contributed by atoms with Gasteiger partial charge in [-0.1, -0.05) is 43.3 Å². The molecular formula is C16H15N. The first-order valence-corrected chi connectivity index (χ1v) is 6.04. The van der Waals surface area contributed by atoms with Crippen molar-refractivity contribution in [2.75, 3.05) is 0 Å². The lowest BCUT2D eigenvalue weighted by atomic mass is 10.1. The van der Waals surface area contributed by atoms with Crippen molar-refractivity contribution in [3.05, 3.63) is 60.2 Å². The smallest absolute Gasteiger partial charge is 0.0464 e. The number of benzene rings is 2. The quantitative estimate of drug-likeness (QED) is 0.660. The molecule has 0 saturated heterocycles. The number of aryl methyl sites for hydroxylation is 1. The maximum absolute atomic E-state index is 3.46. The van der Waals surface area contributed by atoms with Gasteiger partial charge in [-0.05, 0) is 35.7 Å². The maximum atomic E-state index is 3.46. The van der Waals surface area contributed by atoms with Gasteiger partial charge in [-0.25, -0.2) is 0 Å². The van der Waals surface area contributed by atoms with Crippen LogP contribution in [0.4, 0.5) is 0 Å². The maximum Gasteiger partial charge on any atom is 0.0464 e. The molecule has 0 unspecified atom stereocenters. The third-order valence-electron chi connectivity index (χ3n) is 3.18. The highest BCUT2D eigenvalue weighted by Gasteiger charge is 2.02. The molecular weight excluding hydrogens is 206 g/mol. The first-order valence-electron chi connectivity index (χ1n) is 6.04. The third-order valence-corrected chi connectivity index (χ3v) is 3.18. The molecule has 0 atom stereocenters. The zero-order chi connectivity index (χ0) is 11.7. The Labute approximate surface area is 101 Å². The predicted octanol–water partition coefficient (Wildman–Crippen LogP) is 4.40. The van der Waals surface area contributed by atoms with Crippen LogP contribution in [0, 0.1) is 0 Å². The monoisotopic (exact) mass is 221 g/mol. The first kappa shape index (κ1) is 10.2. The van der Waals surface area contributed by atoms with E-state index in [1.54, 1.807) is 0 Å².